The van der Waals surface area contributed by atoms with E-state index in [2.05, 4.69) is 42.0 Å². The molecule has 0 fully saturated rings. The second-order valence-electron chi connectivity index (χ2n) is 1.63. The molecule has 0 unspecified atom stereocenters. The van der Waals surface area contributed by atoms with Crippen LogP contribution in [0.5, 0.6) is 0 Å². The van der Waals surface area contributed by atoms with Crippen molar-refractivity contribution in [1.29, 1.82) is 0 Å². The zero-order chi connectivity index (χ0) is 7.56. The summed E-state index contributed by atoms with van der Waals surface area (Å²) < 4.78 is 1.74. The first-order valence-corrected chi connectivity index (χ1v) is 4.04. The molecule has 3 nitrogen and oxygen atoms in total. The van der Waals surface area contributed by atoms with E-state index in [1.165, 1.54) is 6.21 Å². The number of rotatable bonds is 1. The van der Waals surface area contributed by atoms with Crippen molar-refractivity contribution in [3.63, 3.8) is 0 Å². The molecule has 0 saturated heterocycles. The van der Waals surface area contributed by atoms with Crippen LogP contribution in [0.25, 0.3) is 0 Å². The fraction of sp³-hybridized carbons (Fsp3) is 0. The van der Waals surface area contributed by atoms with Crippen molar-refractivity contribution in [2.45, 2.75) is 0 Å². The first kappa shape index (κ1) is 7.81. The summed E-state index contributed by atoms with van der Waals surface area (Å²) in [6, 6.07) is 1.80. The summed E-state index contributed by atoms with van der Waals surface area (Å²) in [5.74, 6) is 0. The van der Waals surface area contributed by atoms with Crippen molar-refractivity contribution in [2.24, 2.45) is 5.16 Å². The minimum atomic E-state index is 0.737. The lowest BCUT2D eigenvalue weighted by atomic mass is 10.5. The topological polar surface area (TPSA) is 48.4 Å². The molecule has 0 saturated carbocycles. The SMILES string of the molecule is O/N=C\c1cc(Br)c(Br)[nH]1. The predicted molar refractivity (Wildman–Crippen MR) is 45.6 cm³/mol. The Morgan fingerprint density at radius 3 is 2.70 bits per heavy atom. The molecule has 1 aromatic heterocycles. The van der Waals surface area contributed by atoms with Crippen LogP contribution in [0.15, 0.2) is 20.3 Å². The molecule has 5 heteroatoms. The van der Waals surface area contributed by atoms with Crippen molar-refractivity contribution < 1.29 is 5.21 Å². The highest BCUT2D eigenvalue weighted by atomic mass is 79.9. The lowest BCUT2D eigenvalue weighted by Gasteiger charge is -1.79. The Morgan fingerprint density at radius 2 is 2.30 bits per heavy atom. The molecule has 0 bridgehead atoms. The third-order valence-electron chi connectivity index (χ3n) is 0.943. The summed E-state index contributed by atoms with van der Waals surface area (Å²) >= 11 is 6.50. The molecule has 0 amide bonds. The lowest BCUT2D eigenvalue weighted by Crippen LogP contribution is -1.77. The molecule has 10 heavy (non-hydrogen) atoms. The molecule has 0 atom stereocenters. The van der Waals surface area contributed by atoms with Crippen molar-refractivity contribution in [3.05, 3.63) is 20.8 Å². The van der Waals surface area contributed by atoms with Crippen LogP contribution in [0.1, 0.15) is 5.69 Å². The van der Waals surface area contributed by atoms with Gasteiger partial charge in [0.25, 0.3) is 0 Å². The number of hydrogen-bond donors (Lipinski definition) is 2. The quantitative estimate of drug-likeness (QED) is 0.458. The van der Waals surface area contributed by atoms with Crippen LogP contribution in [0.4, 0.5) is 0 Å². The van der Waals surface area contributed by atoms with E-state index in [4.69, 9.17) is 5.21 Å². The van der Waals surface area contributed by atoms with Gasteiger partial charge in [0.15, 0.2) is 0 Å². The molecular formula is C5H4Br2N2O. The van der Waals surface area contributed by atoms with Crippen LogP contribution in [-0.4, -0.2) is 16.4 Å². The highest BCUT2D eigenvalue weighted by Gasteiger charge is 1.99. The number of oxime groups is 1. The van der Waals surface area contributed by atoms with Gasteiger partial charge in [0.2, 0.25) is 0 Å². The third kappa shape index (κ3) is 1.60. The molecule has 1 aromatic rings. The number of halogens is 2. The average Bonchev–Trinajstić information content (AvgIpc) is 2.14. The Balaban J connectivity index is 2.98. The van der Waals surface area contributed by atoms with Gasteiger partial charge in [-0.05, 0) is 37.9 Å². The maximum Gasteiger partial charge on any atom is 0.0969 e. The third-order valence-corrected chi connectivity index (χ3v) is 2.73. The molecule has 0 aliphatic carbocycles. The van der Waals surface area contributed by atoms with E-state index in [9.17, 15) is 0 Å². The summed E-state index contributed by atoms with van der Waals surface area (Å²) in [4.78, 5) is 2.91. The van der Waals surface area contributed by atoms with Crippen LogP contribution in [0.3, 0.4) is 0 Å². The molecule has 54 valence electrons. The smallest absolute Gasteiger partial charge is 0.0969 e. The van der Waals surface area contributed by atoms with Gasteiger partial charge in [-0.3, -0.25) is 0 Å². The van der Waals surface area contributed by atoms with Gasteiger partial charge in [0.05, 0.1) is 21.0 Å². The monoisotopic (exact) mass is 266 g/mol. The number of nitrogens with one attached hydrogen (secondary N) is 1. The zero-order valence-electron chi connectivity index (χ0n) is 4.81. The van der Waals surface area contributed by atoms with Gasteiger partial charge < -0.3 is 10.2 Å². The Kier molecular flexibility index (Phi) is 2.50. The Morgan fingerprint density at radius 1 is 1.60 bits per heavy atom. The second-order valence-corrected chi connectivity index (χ2v) is 3.28. The average molecular weight is 268 g/mol. The van der Waals surface area contributed by atoms with Crippen LogP contribution < -0.4 is 0 Å². The van der Waals surface area contributed by atoms with E-state index in [1.54, 1.807) is 6.07 Å². The van der Waals surface area contributed by atoms with E-state index in [0.29, 0.717) is 0 Å². The lowest BCUT2D eigenvalue weighted by molar-refractivity contribution is 0.321. The van der Waals surface area contributed by atoms with E-state index in [1.807, 2.05) is 0 Å². The maximum atomic E-state index is 8.14. The van der Waals surface area contributed by atoms with Gasteiger partial charge in [-0.25, -0.2) is 0 Å². The minimum Gasteiger partial charge on any atom is -0.411 e. The fourth-order valence-electron chi connectivity index (χ4n) is 0.554. The molecule has 1 rings (SSSR count). The number of hydrogen-bond acceptors (Lipinski definition) is 2. The summed E-state index contributed by atoms with van der Waals surface area (Å²) in [6.07, 6.45) is 1.32. The second kappa shape index (κ2) is 3.21. The minimum absolute atomic E-state index is 0.737. The first-order chi connectivity index (χ1) is 4.74. The molecule has 0 spiro atoms. The van der Waals surface area contributed by atoms with E-state index < -0.39 is 0 Å². The van der Waals surface area contributed by atoms with Crippen molar-refractivity contribution in [2.75, 3.05) is 0 Å². The molecule has 0 aliphatic heterocycles. The summed E-state index contributed by atoms with van der Waals surface area (Å²) in [5, 5.41) is 11.0. The van der Waals surface area contributed by atoms with Crippen LogP contribution in [0.2, 0.25) is 0 Å². The van der Waals surface area contributed by atoms with Crippen LogP contribution in [0, 0.1) is 0 Å². The van der Waals surface area contributed by atoms with Crippen LogP contribution >= 0.6 is 31.9 Å². The normalized spacial score (nSPS) is 11.0. The molecule has 0 aliphatic rings. The number of aromatic amines is 1. The van der Waals surface area contributed by atoms with Gasteiger partial charge in [-0.2, -0.15) is 0 Å². The largest absolute Gasteiger partial charge is 0.411 e. The molecule has 0 aromatic carbocycles. The van der Waals surface area contributed by atoms with Crippen molar-refractivity contribution >= 4 is 38.1 Å². The fourth-order valence-corrected chi connectivity index (χ4v) is 1.24. The van der Waals surface area contributed by atoms with Gasteiger partial charge >= 0.3 is 0 Å². The molecule has 1 heterocycles. The van der Waals surface area contributed by atoms with Gasteiger partial charge in [-0.15, -0.1) is 0 Å². The summed E-state index contributed by atoms with van der Waals surface area (Å²) in [5.41, 5.74) is 0.737. The predicted octanol–water partition coefficient (Wildman–Crippen LogP) is 2.35. The van der Waals surface area contributed by atoms with E-state index in [0.717, 1.165) is 14.8 Å². The van der Waals surface area contributed by atoms with E-state index >= 15 is 0 Å². The summed E-state index contributed by atoms with van der Waals surface area (Å²) in [7, 11) is 0. The van der Waals surface area contributed by atoms with Gasteiger partial charge in [0.1, 0.15) is 0 Å². The van der Waals surface area contributed by atoms with Gasteiger partial charge in [-0.1, -0.05) is 5.16 Å². The first-order valence-electron chi connectivity index (χ1n) is 2.45. The Hall–Kier alpha value is -0.290. The zero-order valence-corrected chi connectivity index (χ0v) is 7.98. The maximum absolute atomic E-state index is 8.14. The summed E-state index contributed by atoms with van der Waals surface area (Å²) in [6.45, 7) is 0. The molecule has 0 radical (unpaired) electrons. The van der Waals surface area contributed by atoms with Crippen molar-refractivity contribution in [3.8, 4) is 0 Å². The molecular weight excluding hydrogens is 264 g/mol. The standard InChI is InChI=1S/C5H4Br2N2O/c6-4-1-3(2-8-10)9-5(4)7/h1-2,9-10H/b8-2-. The number of nitrogens with zero attached hydrogens (tertiary/aromatic N) is 1. The number of aromatic nitrogens is 1. The Labute approximate surface area is 74.4 Å². The van der Waals surface area contributed by atoms with E-state index in [-0.39, 0.29) is 0 Å². The van der Waals surface area contributed by atoms with Gasteiger partial charge in [0, 0.05) is 0 Å². The number of H-pyrrole nitrogens is 1. The van der Waals surface area contributed by atoms with Crippen LogP contribution in [-0.2, 0) is 0 Å². The highest BCUT2D eigenvalue weighted by molar-refractivity contribution is 9.13. The highest BCUT2D eigenvalue weighted by Crippen LogP contribution is 2.21. The molecule has 2 N–H and O–H groups in total. The Bertz CT molecular complexity index is 237. The van der Waals surface area contributed by atoms with Crippen molar-refractivity contribution in [1.82, 2.24) is 4.98 Å².